The molecule has 0 bridgehead atoms. The summed E-state index contributed by atoms with van der Waals surface area (Å²) in [6, 6.07) is 12.5. The van der Waals surface area contributed by atoms with Crippen LogP contribution in [0.25, 0.3) is 10.8 Å². The average molecular weight is 420 g/mol. The minimum absolute atomic E-state index is 0.102. The van der Waals surface area contributed by atoms with Gasteiger partial charge in [-0.1, -0.05) is 30.3 Å². The lowest BCUT2D eigenvalue weighted by Crippen LogP contribution is -2.41. The molecular weight excluding hydrogens is 396 g/mol. The van der Waals surface area contributed by atoms with Crippen LogP contribution >= 0.6 is 0 Å². The lowest BCUT2D eigenvalue weighted by Gasteiger charge is -2.22. The minimum atomic E-state index is -0.794. The van der Waals surface area contributed by atoms with E-state index in [4.69, 9.17) is 9.47 Å². The van der Waals surface area contributed by atoms with E-state index >= 15 is 0 Å². The molecule has 7 heteroatoms. The number of pyridine rings is 1. The van der Waals surface area contributed by atoms with Crippen LogP contribution in [0, 0.1) is 6.92 Å². The highest BCUT2D eigenvalue weighted by atomic mass is 16.6. The largest absolute Gasteiger partial charge is 0.497 e. The van der Waals surface area contributed by atoms with Gasteiger partial charge >= 0.3 is 6.09 Å². The number of aryl methyl sites for hydroxylation is 2. The number of aliphatic hydroxyl groups excluding tert-OH is 1. The second-order valence-electron chi connectivity index (χ2n) is 7.62. The Labute approximate surface area is 180 Å². The molecular formula is C24H24N2O5. The third kappa shape index (κ3) is 4.09. The molecule has 0 saturated carbocycles. The number of carbonyl (C=O) groups excluding carboxylic acids is 2. The minimum Gasteiger partial charge on any atom is -0.497 e. The molecule has 2 amide bonds. The maximum atomic E-state index is 13.0. The van der Waals surface area contributed by atoms with Crippen molar-refractivity contribution in [2.45, 2.75) is 31.9 Å². The van der Waals surface area contributed by atoms with Gasteiger partial charge in [0.05, 0.1) is 13.7 Å². The molecule has 1 N–H and O–H groups in total. The van der Waals surface area contributed by atoms with E-state index in [1.54, 1.807) is 25.6 Å². The van der Waals surface area contributed by atoms with Crippen molar-refractivity contribution in [2.75, 3.05) is 13.7 Å². The van der Waals surface area contributed by atoms with Crippen LogP contribution in [-0.2, 0) is 16.0 Å². The molecule has 1 aliphatic heterocycles. The fourth-order valence-electron chi connectivity index (χ4n) is 4.07. The van der Waals surface area contributed by atoms with Crippen molar-refractivity contribution in [2.24, 2.45) is 0 Å². The lowest BCUT2D eigenvalue weighted by atomic mass is 9.99. The maximum Gasteiger partial charge on any atom is 0.417 e. The van der Waals surface area contributed by atoms with Crippen LogP contribution in [-0.4, -0.2) is 46.7 Å². The number of rotatable bonds is 6. The summed E-state index contributed by atoms with van der Waals surface area (Å²) in [6.07, 6.45) is 2.55. The second-order valence-corrected chi connectivity index (χ2v) is 7.62. The molecule has 1 saturated heterocycles. The first-order valence-electron chi connectivity index (χ1n) is 10.1. The van der Waals surface area contributed by atoms with E-state index in [0.717, 1.165) is 26.8 Å². The highest BCUT2D eigenvalue weighted by molar-refractivity contribution is 5.94. The molecule has 4 rings (SSSR count). The number of benzene rings is 2. The van der Waals surface area contributed by atoms with Crippen molar-refractivity contribution in [3.63, 3.8) is 0 Å². The summed E-state index contributed by atoms with van der Waals surface area (Å²) in [5.41, 5.74) is 2.53. The van der Waals surface area contributed by atoms with Crippen LogP contribution in [0.1, 0.15) is 29.2 Å². The van der Waals surface area contributed by atoms with Gasteiger partial charge in [0.1, 0.15) is 11.8 Å². The number of hydrogen-bond acceptors (Lipinski definition) is 6. The summed E-state index contributed by atoms with van der Waals surface area (Å²) < 4.78 is 10.8. The number of aromatic nitrogens is 1. The van der Waals surface area contributed by atoms with Crippen molar-refractivity contribution >= 4 is 22.8 Å². The van der Waals surface area contributed by atoms with Crippen LogP contribution in [0.4, 0.5) is 4.79 Å². The number of fused-ring (bicyclic) bond motifs is 1. The molecule has 31 heavy (non-hydrogen) atoms. The molecule has 0 aliphatic carbocycles. The van der Waals surface area contributed by atoms with Gasteiger partial charge in [-0.2, -0.15) is 0 Å². The number of cyclic esters (lactones) is 1. The Bertz CT molecular complexity index is 1120. The zero-order chi connectivity index (χ0) is 22.0. The molecule has 2 atom stereocenters. The van der Waals surface area contributed by atoms with E-state index in [2.05, 4.69) is 4.98 Å². The Balaban J connectivity index is 1.54. The third-order valence-electron chi connectivity index (χ3n) is 5.56. The van der Waals surface area contributed by atoms with Gasteiger partial charge in [-0.25, -0.2) is 9.69 Å². The van der Waals surface area contributed by atoms with E-state index in [9.17, 15) is 14.7 Å². The summed E-state index contributed by atoms with van der Waals surface area (Å²) >= 11 is 0. The number of imide groups is 1. The Hall–Kier alpha value is -3.45. The highest BCUT2D eigenvalue weighted by Gasteiger charge is 2.45. The topological polar surface area (TPSA) is 89.0 Å². The molecule has 1 fully saturated rings. The quantitative estimate of drug-likeness (QED) is 0.656. The molecule has 160 valence electrons. The van der Waals surface area contributed by atoms with E-state index in [1.807, 2.05) is 43.3 Å². The second kappa shape index (κ2) is 8.73. The highest BCUT2D eigenvalue weighted by Crippen LogP contribution is 2.35. The summed E-state index contributed by atoms with van der Waals surface area (Å²) in [6.45, 7) is 1.51. The molecule has 2 aromatic carbocycles. The molecule has 7 nitrogen and oxygen atoms in total. The summed E-state index contributed by atoms with van der Waals surface area (Å²) in [4.78, 5) is 30.8. The van der Waals surface area contributed by atoms with E-state index in [-0.39, 0.29) is 12.3 Å². The van der Waals surface area contributed by atoms with Gasteiger partial charge in [0, 0.05) is 24.2 Å². The number of amides is 2. The van der Waals surface area contributed by atoms with E-state index < -0.39 is 24.8 Å². The first kappa shape index (κ1) is 20.8. The Morgan fingerprint density at radius 2 is 2.03 bits per heavy atom. The number of hydrogen-bond donors (Lipinski definition) is 1. The van der Waals surface area contributed by atoms with Crippen LogP contribution < -0.4 is 4.74 Å². The van der Waals surface area contributed by atoms with Crippen molar-refractivity contribution in [3.05, 3.63) is 71.5 Å². The smallest absolute Gasteiger partial charge is 0.417 e. The first-order valence-corrected chi connectivity index (χ1v) is 10.1. The fourth-order valence-corrected chi connectivity index (χ4v) is 4.07. The molecule has 1 aromatic heterocycles. The van der Waals surface area contributed by atoms with Crippen molar-refractivity contribution in [1.82, 2.24) is 9.88 Å². The number of carbonyl (C=O) groups is 2. The fraction of sp³-hybridized carbons (Fsp3) is 0.292. The summed E-state index contributed by atoms with van der Waals surface area (Å²) in [5.74, 6) is 0.232. The number of aliphatic hydroxyl groups is 1. The Morgan fingerprint density at radius 1 is 1.23 bits per heavy atom. The normalized spacial score (nSPS) is 18.3. The van der Waals surface area contributed by atoms with Crippen molar-refractivity contribution in [3.8, 4) is 5.75 Å². The predicted octanol–water partition coefficient (Wildman–Crippen LogP) is 3.57. The number of methoxy groups -OCH3 is 1. The molecule has 0 unspecified atom stereocenters. The van der Waals surface area contributed by atoms with Crippen LogP contribution in [0.5, 0.6) is 5.75 Å². The first-order chi connectivity index (χ1) is 15.0. The summed E-state index contributed by atoms with van der Waals surface area (Å²) in [5, 5.41) is 12.0. The Kier molecular flexibility index (Phi) is 5.86. The van der Waals surface area contributed by atoms with Crippen LogP contribution in [0.2, 0.25) is 0 Å². The molecule has 2 heterocycles. The maximum absolute atomic E-state index is 13.0. The monoisotopic (exact) mass is 420 g/mol. The molecule has 3 aromatic rings. The summed E-state index contributed by atoms with van der Waals surface area (Å²) in [7, 11) is 1.56. The van der Waals surface area contributed by atoms with E-state index in [0.29, 0.717) is 17.7 Å². The molecule has 0 radical (unpaired) electrons. The van der Waals surface area contributed by atoms with Crippen molar-refractivity contribution < 1.29 is 24.2 Å². The van der Waals surface area contributed by atoms with E-state index in [1.165, 1.54) is 0 Å². The zero-order valence-corrected chi connectivity index (χ0v) is 17.4. The number of nitrogens with zero attached hydrogens (tertiary/aromatic N) is 2. The van der Waals surface area contributed by atoms with Crippen LogP contribution in [0.3, 0.4) is 0 Å². The van der Waals surface area contributed by atoms with Gasteiger partial charge in [-0.3, -0.25) is 9.78 Å². The molecule has 0 spiro atoms. The Morgan fingerprint density at radius 3 is 2.81 bits per heavy atom. The van der Waals surface area contributed by atoms with Crippen molar-refractivity contribution in [1.29, 1.82) is 0 Å². The van der Waals surface area contributed by atoms with Gasteiger partial charge in [0.2, 0.25) is 5.91 Å². The SMILES string of the molecule is COc1cc(C)cc([C@H]2OC(=O)N(C(=O)CCc3cncc4ccccc34)[C@H]2CO)c1. The van der Waals surface area contributed by atoms with Gasteiger partial charge in [-0.15, -0.1) is 0 Å². The number of ether oxygens (including phenoxy) is 2. The predicted molar refractivity (Wildman–Crippen MR) is 115 cm³/mol. The lowest BCUT2D eigenvalue weighted by molar-refractivity contribution is -0.129. The average Bonchev–Trinajstić information content (AvgIpc) is 3.13. The van der Waals surface area contributed by atoms with Gasteiger partial charge in [0.25, 0.3) is 0 Å². The van der Waals surface area contributed by atoms with Gasteiger partial charge < -0.3 is 14.6 Å². The van der Waals surface area contributed by atoms with Gasteiger partial charge in [0.15, 0.2) is 6.10 Å². The van der Waals surface area contributed by atoms with Crippen LogP contribution in [0.15, 0.2) is 54.9 Å². The standard InChI is InChI=1S/C24H24N2O5/c1-15-9-18(11-19(10-15)30-2)23-21(14-27)26(24(29)31-23)22(28)8-7-17-13-25-12-16-5-3-4-6-20(16)17/h3-6,9-13,21,23,27H,7-8,14H2,1-2H3/t21-,23+/m0/s1. The molecule has 1 aliphatic rings. The third-order valence-corrected chi connectivity index (χ3v) is 5.56. The van der Waals surface area contributed by atoms with Gasteiger partial charge in [-0.05, 0) is 47.6 Å². The zero-order valence-electron chi connectivity index (χ0n) is 17.4.